The van der Waals surface area contributed by atoms with Crippen LogP contribution in [0.4, 0.5) is 0 Å². The topological polar surface area (TPSA) is 74.6 Å². The van der Waals surface area contributed by atoms with Gasteiger partial charge in [-0.2, -0.15) is 36.4 Å². The van der Waals surface area contributed by atoms with E-state index in [1.807, 2.05) is 60.7 Å². The first-order chi connectivity index (χ1) is 14.4. The standard InChI is InChI=1S/2C7H8O2S.2C5H5.Zr/c2*1-10(9)7-4-2-6(8)3-5-7;2*1-2-4-5-3-1;/h2*2-5,8H,1H3;2*1-5H;/q;;2*-1;+2. The van der Waals surface area contributed by atoms with Gasteiger partial charge in [-0.15, -0.1) is 0 Å². The monoisotopic (exact) mass is 532 g/mol. The molecule has 7 heteroatoms. The molecule has 0 heterocycles. The third-order valence-electron chi connectivity index (χ3n) is 3.45. The molecule has 4 aromatic carbocycles. The van der Waals surface area contributed by atoms with E-state index < -0.39 is 21.6 Å². The van der Waals surface area contributed by atoms with Crippen molar-refractivity contribution in [3.05, 3.63) is 109 Å². The fourth-order valence-corrected chi connectivity index (χ4v) is 2.96. The van der Waals surface area contributed by atoms with Crippen LogP contribution >= 0.6 is 0 Å². The summed E-state index contributed by atoms with van der Waals surface area (Å²) in [5, 5.41) is 17.7. The smallest absolute Gasteiger partial charge is 0.508 e. The number of aromatic hydroxyl groups is 2. The SMILES string of the molecule is CS(=O)c1ccc(O)cc1.CS(=O)c1ccc(O)cc1.[Zr+2].c1cc[cH-]c1.c1cc[cH-]c1. The van der Waals surface area contributed by atoms with Gasteiger partial charge in [0.15, 0.2) is 0 Å². The molecule has 2 atom stereocenters. The maximum atomic E-state index is 10.8. The maximum Gasteiger partial charge on any atom is 2.00 e. The minimum Gasteiger partial charge on any atom is -0.508 e. The fraction of sp³-hybridized carbons (Fsp3) is 0.0833. The Morgan fingerprint density at radius 1 is 0.581 bits per heavy atom. The van der Waals surface area contributed by atoms with Crippen LogP contribution in [0.1, 0.15) is 0 Å². The van der Waals surface area contributed by atoms with Crippen molar-refractivity contribution >= 4 is 21.6 Å². The van der Waals surface area contributed by atoms with Gasteiger partial charge >= 0.3 is 26.2 Å². The molecule has 0 aliphatic rings. The van der Waals surface area contributed by atoms with Crippen molar-refractivity contribution in [1.82, 2.24) is 0 Å². The Morgan fingerprint density at radius 2 is 0.839 bits per heavy atom. The number of hydrogen-bond acceptors (Lipinski definition) is 4. The Hall–Kier alpha value is -2.08. The molecule has 0 radical (unpaired) electrons. The minimum absolute atomic E-state index is 0. The largest absolute Gasteiger partial charge is 2.00 e. The third kappa shape index (κ3) is 14.5. The molecule has 0 amide bonds. The van der Waals surface area contributed by atoms with Crippen LogP contribution in [0.2, 0.25) is 0 Å². The zero-order chi connectivity index (χ0) is 22.2. The Balaban J connectivity index is 0.000000401. The van der Waals surface area contributed by atoms with E-state index in [9.17, 15) is 8.42 Å². The number of hydrogen-bond donors (Lipinski definition) is 2. The Bertz CT molecular complexity index is 834. The van der Waals surface area contributed by atoms with Crippen LogP contribution in [0.3, 0.4) is 0 Å². The van der Waals surface area contributed by atoms with Crippen molar-refractivity contribution in [2.75, 3.05) is 12.5 Å². The summed E-state index contributed by atoms with van der Waals surface area (Å²) in [4.78, 5) is 1.47. The molecule has 0 saturated heterocycles. The van der Waals surface area contributed by atoms with Crippen LogP contribution in [-0.2, 0) is 47.8 Å². The van der Waals surface area contributed by atoms with E-state index >= 15 is 0 Å². The predicted molar refractivity (Wildman–Crippen MR) is 125 cm³/mol. The van der Waals surface area contributed by atoms with E-state index in [-0.39, 0.29) is 37.7 Å². The number of rotatable bonds is 2. The average molecular weight is 534 g/mol. The van der Waals surface area contributed by atoms with Gasteiger partial charge in [0.05, 0.1) is 0 Å². The van der Waals surface area contributed by atoms with E-state index in [1.165, 1.54) is 24.3 Å². The average Bonchev–Trinajstić information content (AvgIpc) is 3.48. The van der Waals surface area contributed by atoms with Crippen LogP contribution in [0.25, 0.3) is 0 Å². The van der Waals surface area contributed by atoms with E-state index in [2.05, 4.69) is 0 Å². The first-order valence-electron chi connectivity index (χ1n) is 8.98. The van der Waals surface area contributed by atoms with Crippen molar-refractivity contribution in [1.29, 1.82) is 0 Å². The quantitative estimate of drug-likeness (QED) is 0.353. The van der Waals surface area contributed by atoms with E-state index in [4.69, 9.17) is 10.2 Å². The molecule has 0 spiro atoms. The molecule has 4 nitrogen and oxygen atoms in total. The Morgan fingerprint density at radius 3 is 1.00 bits per heavy atom. The van der Waals surface area contributed by atoms with E-state index in [0.29, 0.717) is 0 Å². The molecule has 0 bridgehead atoms. The number of phenolic OH excluding ortho intramolecular Hbond substituents is 2. The van der Waals surface area contributed by atoms with Crippen molar-refractivity contribution in [2.45, 2.75) is 9.79 Å². The molecule has 31 heavy (non-hydrogen) atoms. The van der Waals surface area contributed by atoms with Gasteiger partial charge in [0.25, 0.3) is 0 Å². The second-order valence-electron chi connectivity index (χ2n) is 5.82. The van der Waals surface area contributed by atoms with Gasteiger partial charge in [-0.3, -0.25) is 8.42 Å². The first kappa shape index (κ1) is 28.9. The second-order valence-corrected chi connectivity index (χ2v) is 8.58. The van der Waals surface area contributed by atoms with Gasteiger partial charge in [-0.05, 0) is 48.5 Å². The summed E-state index contributed by atoms with van der Waals surface area (Å²) < 4.78 is 21.6. The molecule has 4 aromatic rings. The molecule has 162 valence electrons. The Kier molecular flexibility index (Phi) is 16.4. The summed E-state index contributed by atoms with van der Waals surface area (Å²) in [5.41, 5.74) is 0. The summed E-state index contributed by atoms with van der Waals surface area (Å²) in [6, 6.07) is 32.7. The molecule has 0 aliphatic heterocycles. The maximum absolute atomic E-state index is 10.8. The molecule has 4 rings (SSSR count). The second kappa shape index (κ2) is 17.6. The minimum atomic E-state index is -0.948. The summed E-state index contributed by atoms with van der Waals surface area (Å²) in [5.74, 6) is 0.406. The molecule has 2 unspecified atom stereocenters. The first-order valence-corrected chi connectivity index (χ1v) is 12.1. The van der Waals surface area contributed by atoms with Gasteiger partial charge in [0, 0.05) is 43.9 Å². The van der Waals surface area contributed by atoms with Crippen LogP contribution in [0, 0.1) is 0 Å². The summed E-state index contributed by atoms with van der Waals surface area (Å²) in [7, 11) is -1.90. The van der Waals surface area contributed by atoms with Gasteiger partial charge in [-0.1, -0.05) is 0 Å². The van der Waals surface area contributed by atoms with Crippen LogP contribution in [0.5, 0.6) is 11.5 Å². The van der Waals surface area contributed by atoms with Gasteiger partial charge in [0.1, 0.15) is 11.5 Å². The van der Waals surface area contributed by atoms with Crippen molar-refractivity contribution in [2.24, 2.45) is 0 Å². The third-order valence-corrected chi connectivity index (χ3v) is 5.32. The van der Waals surface area contributed by atoms with Crippen LogP contribution in [-0.4, -0.2) is 31.1 Å². The molecule has 0 saturated carbocycles. The zero-order valence-corrected chi connectivity index (χ0v) is 21.5. The van der Waals surface area contributed by atoms with Gasteiger partial charge < -0.3 is 10.2 Å². The van der Waals surface area contributed by atoms with Crippen LogP contribution in [0.15, 0.2) is 119 Å². The van der Waals surface area contributed by atoms with Crippen molar-refractivity contribution in [3.63, 3.8) is 0 Å². The van der Waals surface area contributed by atoms with Gasteiger partial charge in [0.2, 0.25) is 0 Å². The summed E-state index contributed by atoms with van der Waals surface area (Å²) in [6.45, 7) is 0. The molecule has 0 aliphatic carbocycles. The van der Waals surface area contributed by atoms with Crippen molar-refractivity contribution in [3.8, 4) is 11.5 Å². The molecule has 2 N–H and O–H groups in total. The van der Waals surface area contributed by atoms with Crippen molar-refractivity contribution < 1.29 is 44.8 Å². The molecular formula is C24H26O4S2Zr. The normalized spacial score (nSPS) is 10.9. The zero-order valence-electron chi connectivity index (χ0n) is 17.4. The molecule has 0 aromatic heterocycles. The van der Waals surface area contributed by atoms with E-state index in [0.717, 1.165) is 9.79 Å². The number of phenols is 2. The van der Waals surface area contributed by atoms with Crippen LogP contribution < -0.4 is 0 Å². The predicted octanol–water partition coefficient (Wildman–Crippen LogP) is 5.07. The fourth-order valence-electron chi connectivity index (χ4n) is 1.92. The summed E-state index contributed by atoms with van der Waals surface area (Å²) in [6.07, 6.45) is 3.21. The molecule has 0 fully saturated rings. The Labute approximate surface area is 208 Å². The molecular weight excluding hydrogens is 508 g/mol. The van der Waals surface area contributed by atoms with E-state index in [1.54, 1.807) is 36.8 Å². The summed E-state index contributed by atoms with van der Waals surface area (Å²) >= 11 is 0. The number of benzene rings is 2. The van der Waals surface area contributed by atoms with Gasteiger partial charge in [-0.25, -0.2) is 24.3 Å².